The van der Waals surface area contributed by atoms with E-state index in [0.717, 1.165) is 11.1 Å². The molecule has 1 aliphatic heterocycles. The summed E-state index contributed by atoms with van der Waals surface area (Å²) >= 11 is 5.36. The summed E-state index contributed by atoms with van der Waals surface area (Å²) in [5, 5.41) is 13.5. The number of phenolic OH excluding ortho intramolecular Hbond substituents is 1. The monoisotopic (exact) mass is 465 g/mol. The van der Waals surface area contributed by atoms with Crippen molar-refractivity contribution in [2.75, 3.05) is 14.2 Å². The third-order valence-electron chi connectivity index (χ3n) is 5.03. The van der Waals surface area contributed by atoms with Gasteiger partial charge in [0.1, 0.15) is 11.5 Å². The highest BCUT2D eigenvalue weighted by Crippen LogP contribution is 2.37. The van der Waals surface area contributed by atoms with E-state index in [-0.39, 0.29) is 11.7 Å². The molecule has 0 spiro atoms. The van der Waals surface area contributed by atoms with Gasteiger partial charge in [-0.05, 0) is 59.2 Å². The summed E-state index contributed by atoms with van der Waals surface area (Å²) in [7, 11) is 3.19. The number of pyridine rings is 1. The van der Waals surface area contributed by atoms with E-state index in [0.29, 0.717) is 22.1 Å². The van der Waals surface area contributed by atoms with Crippen molar-refractivity contribution in [3.63, 3.8) is 0 Å². The van der Waals surface area contributed by atoms with Crippen LogP contribution in [0.1, 0.15) is 39.0 Å². The molecule has 1 atom stereocenters. The number of carbonyl (C=O) groups is 1. The van der Waals surface area contributed by atoms with Crippen LogP contribution in [-0.2, 0) is 10.3 Å². The zero-order valence-electron chi connectivity index (χ0n) is 19.9. The summed E-state index contributed by atoms with van der Waals surface area (Å²) in [4.78, 5) is 19.2. The van der Waals surface area contributed by atoms with Gasteiger partial charge in [-0.25, -0.2) is 0 Å². The summed E-state index contributed by atoms with van der Waals surface area (Å²) in [6.45, 7) is 8.00. The van der Waals surface area contributed by atoms with E-state index in [9.17, 15) is 9.90 Å². The Balaban J connectivity index is 0.000000914. The van der Waals surface area contributed by atoms with Gasteiger partial charge in [-0.1, -0.05) is 52.0 Å². The number of ether oxygens (including phenoxy) is 1. The second kappa shape index (κ2) is 11.4. The maximum atomic E-state index is 13.3. The molecule has 1 fully saturated rings. The minimum absolute atomic E-state index is 0.0974. The number of aromatic hydroxyl groups is 1. The number of thiocarbonyl (C=S) groups is 1. The minimum atomic E-state index is -1.22. The van der Waals surface area contributed by atoms with Crippen LogP contribution in [0.4, 0.5) is 0 Å². The predicted molar refractivity (Wildman–Crippen MR) is 136 cm³/mol. The summed E-state index contributed by atoms with van der Waals surface area (Å²) in [6, 6.07) is 18.0. The summed E-state index contributed by atoms with van der Waals surface area (Å²) < 4.78 is 5.26. The molecular weight excluding hydrogens is 434 g/mol. The van der Waals surface area contributed by atoms with Crippen LogP contribution in [0.3, 0.4) is 0 Å². The molecule has 1 saturated heterocycles. The summed E-state index contributed by atoms with van der Waals surface area (Å²) in [6.07, 6.45) is 1.65. The van der Waals surface area contributed by atoms with Gasteiger partial charge in [0.05, 0.1) is 12.8 Å². The number of likely N-dealkylation sites (N-methyl/N-ethyl adjacent to an activating group) is 1. The number of rotatable bonds is 4. The molecule has 1 unspecified atom stereocenters. The number of phenols is 1. The first-order chi connectivity index (χ1) is 16.0. The van der Waals surface area contributed by atoms with Crippen LogP contribution in [0, 0.1) is 0 Å². The van der Waals surface area contributed by atoms with Gasteiger partial charge in [0, 0.05) is 19.3 Å². The van der Waals surface area contributed by atoms with Gasteiger partial charge in [0.25, 0.3) is 5.91 Å². The van der Waals surface area contributed by atoms with Crippen LogP contribution < -0.4 is 10.1 Å². The molecule has 0 bridgehead atoms. The SMILES string of the molecule is CC.CC.COc1cc(O)cc(-c2cccc(C3(c4ccccn4)NC(=S)N(C)C3=O)c2)c1. The van der Waals surface area contributed by atoms with Crippen LogP contribution in [-0.4, -0.2) is 40.2 Å². The van der Waals surface area contributed by atoms with E-state index in [4.69, 9.17) is 17.0 Å². The number of amides is 1. The third-order valence-corrected chi connectivity index (χ3v) is 5.41. The lowest BCUT2D eigenvalue weighted by Gasteiger charge is -2.27. The molecule has 1 aliphatic rings. The zero-order chi connectivity index (χ0) is 24.6. The van der Waals surface area contributed by atoms with Crippen molar-refractivity contribution in [1.29, 1.82) is 0 Å². The van der Waals surface area contributed by atoms with Gasteiger partial charge in [0.2, 0.25) is 0 Å². The Hall–Kier alpha value is -3.45. The van der Waals surface area contributed by atoms with Gasteiger partial charge in [-0.15, -0.1) is 0 Å². The van der Waals surface area contributed by atoms with Gasteiger partial charge in [-0.2, -0.15) is 0 Å². The average molecular weight is 466 g/mol. The highest BCUT2D eigenvalue weighted by atomic mass is 32.1. The first-order valence-electron chi connectivity index (χ1n) is 11.0. The quantitative estimate of drug-likeness (QED) is 0.522. The second-order valence-corrected chi connectivity index (χ2v) is 7.15. The van der Waals surface area contributed by atoms with Crippen molar-refractivity contribution < 1.29 is 14.6 Å². The molecule has 2 N–H and O–H groups in total. The molecule has 1 aromatic heterocycles. The molecule has 0 saturated carbocycles. The van der Waals surface area contributed by atoms with Crippen molar-refractivity contribution in [1.82, 2.24) is 15.2 Å². The Labute approximate surface area is 201 Å². The maximum absolute atomic E-state index is 13.3. The highest BCUT2D eigenvalue weighted by Gasteiger charge is 2.52. The fourth-order valence-corrected chi connectivity index (χ4v) is 3.78. The van der Waals surface area contributed by atoms with Crippen molar-refractivity contribution in [2.45, 2.75) is 33.2 Å². The zero-order valence-corrected chi connectivity index (χ0v) is 20.7. The fraction of sp³-hybridized carbons (Fsp3) is 0.269. The number of methoxy groups -OCH3 is 1. The standard InChI is InChI=1S/C22H19N3O3S.2C2H6/c1-25-20(27)22(24-21(25)29,19-8-3-4-9-23-19)16-7-5-6-14(10-16)15-11-17(26)13-18(12-15)28-2;2*1-2/h3-13,26H,1-2H3,(H,24,29);2*1-2H3. The highest BCUT2D eigenvalue weighted by molar-refractivity contribution is 7.80. The number of benzene rings is 2. The molecule has 33 heavy (non-hydrogen) atoms. The molecule has 3 aromatic rings. The Kier molecular flexibility index (Phi) is 8.94. The van der Waals surface area contributed by atoms with E-state index < -0.39 is 5.54 Å². The molecule has 4 rings (SSSR count). The van der Waals surface area contributed by atoms with E-state index in [1.165, 1.54) is 11.0 Å². The molecule has 1 amide bonds. The lowest BCUT2D eigenvalue weighted by molar-refractivity contribution is -0.129. The number of hydrogen-bond acceptors (Lipinski definition) is 5. The lowest BCUT2D eigenvalue weighted by atomic mass is 9.84. The first kappa shape index (κ1) is 25.8. The second-order valence-electron chi connectivity index (χ2n) is 6.76. The number of aromatic nitrogens is 1. The molecular formula is C26H31N3O3S. The molecule has 7 heteroatoms. The van der Waals surface area contributed by atoms with E-state index >= 15 is 0 Å². The van der Waals surface area contributed by atoms with Crippen LogP contribution in [0.25, 0.3) is 11.1 Å². The number of carbonyl (C=O) groups excluding carboxylic acids is 1. The van der Waals surface area contributed by atoms with E-state index in [1.54, 1.807) is 38.6 Å². The minimum Gasteiger partial charge on any atom is -0.508 e. The van der Waals surface area contributed by atoms with Crippen LogP contribution >= 0.6 is 12.2 Å². The van der Waals surface area contributed by atoms with Crippen LogP contribution in [0.2, 0.25) is 0 Å². The first-order valence-corrected chi connectivity index (χ1v) is 11.4. The Morgan fingerprint density at radius 3 is 2.30 bits per heavy atom. The lowest BCUT2D eigenvalue weighted by Crippen LogP contribution is -2.45. The van der Waals surface area contributed by atoms with Gasteiger partial charge in [0.15, 0.2) is 10.7 Å². The van der Waals surface area contributed by atoms with Gasteiger partial charge in [-0.3, -0.25) is 14.7 Å². The van der Waals surface area contributed by atoms with Crippen LogP contribution in [0.5, 0.6) is 11.5 Å². The topological polar surface area (TPSA) is 74.7 Å². The number of nitrogens with zero attached hydrogens (tertiary/aromatic N) is 2. The molecule has 0 aliphatic carbocycles. The van der Waals surface area contributed by atoms with Crippen molar-refractivity contribution >= 4 is 23.2 Å². The van der Waals surface area contributed by atoms with Crippen molar-refractivity contribution in [2.24, 2.45) is 0 Å². The van der Waals surface area contributed by atoms with Crippen molar-refractivity contribution in [3.8, 4) is 22.6 Å². The average Bonchev–Trinajstić information content (AvgIpc) is 3.11. The maximum Gasteiger partial charge on any atom is 0.265 e. The smallest absolute Gasteiger partial charge is 0.265 e. The fourth-order valence-electron chi connectivity index (χ4n) is 3.54. The third kappa shape index (κ3) is 4.98. The number of hydrogen-bond donors (Lipinski definition) is 2. The van der Waals surface area contributed by atoms with E-state index in [1.807, 2.05) is 64.1 Å². The molecule has 0 radical (unpaired) electrons. The summed E-state index contributed by atoms with van der Waals surface area (Å²) in [5.74, 6) is 0.438. The summed E-state index contributed by atoms with van der Waals surface area (Å²) in [5.41, 5.74) is 1.63. The normalized spacial score (nSPS) is 16.7. The van der Waals surface area contributed by atoms with Gasteiger partial charge >= 0.3 is 0 Å². The molecule has 6 nitrogen and oxygen atoms in total. The Bertz CT molecular complexity index is 1100. The van der Waals surface area contributed by atoms with Crippen molar-refractivity contribution in [3.05, 3.63) is 78.1 Å². The Morgan fingerprint density at radius 1 is 1.00 bits per heavy atom. The Morgan fingerprint density at radius 2 is 1.73 bits per heavy atom. The molecule has 2 aromatic carbocycles. The number of nitrogens with one attached hydrogen (secondary N) is 1. The predicted octanol–water partition coefficient (Wildman–Crippen LogP) is 5.11. The van der Waals surface area contributed by atoms with Crippen LogP contribution in [0.15, 0.2) is 66.9 Å². The molecule has 2 heterocycles. The molecule has 174 valence electrons. The van der Waals surface area contributed by atoms with Gasteiger partial charge < -0.3 is 15.2 Å². The van der Waals surface area contributed by atoms with E-state index in [2.05, 4.69) is 10.3 Å². The largest absolute Gasteiger partial charge is 0.508 e.